The minimum atomic E-state index is -0.468. The summed E-state index contributed by atoms with van der Waals surface area (Å²) in [6.45, 7) is 7.52. The number of nitrogens with one attached hydrogen (secondary N) is 1. The van der Waals surface area contributed by atoms with Gasteiger partial charge in [-0.25, -0.2) is 4.79 Å². The number of piperidine rings is 1. The van der Waals surface area contributed by atoms with Gasteiger partial charge in [0.05, 0.1) is 27.7 Å². The van der Waals surface area contributed by atoms with Crippen LogP contribution in [0.15, 0.2) is 12.1 Å². The summed E-state index contributed by atoms with van der Waals surface area (Å²) in [5.41, 5.74) is 1.03. The van der Waals surface area contributed by atoms with Crippen LogP contribution in [0.25, 0.3) is 11.0 Å². The first-order valence-corrected chi connectivity index (χ1v) is 9.42. The van der Waals surface area contributed by atoms with Gasteiger partial charge >= 0.3 is 6.09 Å². The third-order valence-corrected chi connectivity index (χ3v) is 4.95. The molecule has 1 saturated heterocycles. The topological polar surface area (TPSA) is 67.4 Å². The third kappa shape index (κ3) is 4.74. The Balaban J connectivity index is 1.50. The second-order valence-corrected chi connectivity index (χ2v) is 8.36. The van der Waals surface area contributed by atoms with Crippen molar-refractivity contribution >= 4 is 40.3 Å². The van der Waals surface area contributed by atoms with Crippen molar-refractivity contribution in [1.29, 1.82) is 0 Å². The number of H-pyrrole nitrogens is 1. The number of rotatable bonds is 3. The van der Waals surface area contributed by atoms with E-state index in [1.54, 1.807) is 17.0 Å². The van der Waals surface area contributed by atoms with Crippen LogP contribution in [0.3, 0.4) is 0 Å². The predicted octanol–water partition coefficient (Wildman–Crippen LogP) is 4.90. The molecule has 2 aromatic rings. The van der Waals surface area contributed by atoms with Gasteiger partial charge in [0, 0.05) is 13.1 Å². The zero-order valence-corrected chi connectivity index (χ0v) is 16.7. The maximum Gasteiger partial charge on any atom is 0.410 e. The lowest BCUT2D eigenvalue weighted by Crippen LogP contribution is -2.42. The van der Waals surface area contributed by atoms with Crippen molar-refractivity contribution in [3.63, 3.8) is 0 Å². The van der Waals surface area contributed by atoms with Gasteiger partial charge in [0.15, 0.2) is 0 Å². The zero-order valence-electron chi connectivity index (χ0n) is 15.1. The number of nitrogens with zero attached hydrogens (tertiary/aromatic N) is 2. The number of carbonyl (C=O) groups excluding carboxylic acids is 1. The number of aromatic nitrogens is 2. The second kappa shape index (κ2) is 7.53. The van der Waals surface area contributed by atoms with Crippen LogP contribution in [0, 0.1) is 5.92 Å². The highest BCUT2D eigenvalue weighted by molar-refractivity contribution is 6.42. The van der Waals surface area contributed by atoms with Crippen molar-refractivity contribution in [2.45, 2.75) is 39.2 Å². The van der Waals surface area contributed by atoms with Crippen LogP contribution in [0.4, 0.5) is 4.79 Å². The number of amides is 1. The summed E-state index contributed by atoms with van der Waals surface area (Å²) in [7, 11) is 0. The van der Waals surface area contributed by atoms with Crippen molar-refractivity contribution in [3.05, 3.63) is 22.2 Å². The van der Waals surface area contributed by atoms with E-state index < -0.39 is 5.60 Å². The molecular formula is C18H23Cl2N3O3. The summed E-state index contributed by atoms with van der Waals surface area (Å²) < 4.78 is 11.2. The minimum Gasteiger partial charge on any atom is -0.464 e. The Labute approximate surface area is 162 Å². The lowest BCUT2D eigenvalue weighted by atomic mass is 9.98. The fraction of sp³-hybridized carbons (Fsp3) is 0.556. The van der Waals surface area contributed by atoms with Crippen LogP contribution >= 0.6 is 23.2 Å². The maximum atomic E-state index is 12.1. The Hall–Kier alpha value is -1.66. The van der Waals surface area contributed by atoms with E-state index in [9.17, 15) is 4.79 Å². The molecule has 6 nitrogen and oxygen atoms in total. The Bertz CT molecular complexity index is 754. The molecule has 26 heavy (non-hydrogen) atoms. The second-order valence-electron chi connectivity index (χ2n) is 7.55. The lowest BCUT2D eigenvalue weighted by Gasteiger charge is -2.33. The van der Waals surface area contributed by atoms with Crippen LogP contribution in [-0.4, -0.2) is 46.3 Å². The van der Waals surface area contributed by atoms with E-state index in [4.69, 9.17) is 32.7 Å². The molecule has 3 rings (SSSR count). The van der Waals surface area contributed by atoms with Crippen LogP contribution < -0.4 is 4.74 Å². The number of aromatic amines is 1. The molecule has 1 aromatic heterocycles. The van der Waals surface area contributed by atoms with Gasteiger partial charge in [-0.2, -0.15) is 4.98 Å². The van der Waals surface area contributed by atoms with Gasteiger partial charge in [-0.15, -0.1) is 0 Å². The average molecular weight is 400 g/mol. The number of fused-ring (bicyclic) bond motifs is 1. The van der Waals surface area contributed by atoms with E-state index in [-0.39, 0.29) is 6.09 Å². The molecule has 0 aliphatic carbocycles. The van der Waals surface area contributed by atoms with E-state index >= 15 is 0 Å². The third-order valence-electron chi connectivity index (χ3n) is 4.22. The number of imidazole rings is 1. The standard InChI is InChI=1S/C18H23Cl2N3O3/c1-18(2,3)26-17(24)23-6-4-11(5-7-23)10-25-16-21-14-8-12(19)13(20)9-15(14)22-16/h8-9,11H,4-7,10H2,1-3H3,(H,21,22). The van der Waals surface area contributed by atoms with E-state index in [1.165, 1.54) is 0 Å². The first-order chi connectivity index (χ1) is 12.2. The minimum absolute atomic E-state index is 0.247. The number of benzene rings is 1. The number of hydrogen-bond donors (Lipinski definition) is 1. The molecule has 1 aliphatic heterocycles. The molecule has 8 heteroatoms. The molecule has 1 aliphatic rings. The molecule has 1 aromatic carbocycles. The smallest absolute Gasteiger partial charge is 0.410 e. The largest absolute Gasteiger partial charge is 0.464 e. The molecule has 1 amide bonds. The maximum absolute atomic E-state index is 12.1. The molecule has 0 saturated carbocycles. The Kier molecular flexibility index (Phi) is 5.53. The molecule has 0 bridgehead atoms. The van der Waals surface area contributed by atoms with Crippen molar-refractivity contribution in [2.75, 3.05) is 19.7 Å². The molecule has 1 N–H and O–H groups in total. The lowest BCUT2D eigenvalue weighted by molar-refractivity contribution is 0.0163. The van der Waals surface area contributed by atoms with E-state index in [2.05, 4.69) is 9.97 Å². The van der Waals surface area contributed by atoms with E-state index in [0.717, 1.165) is 18.4 Å². The van der Waals surface area contributed by atoms with Gasteiger partial charge in [0.2, 0.25) is 0 Å². The fourth-order valence-electron chi connectivity index (χ4n) is 2.86. The van der Waals surface area contributed by atoms with Gasteiger partial charge in [-0.05, 0) is 51.7 Å². The first-order valence-electron chi connectivity index (χ1n) is 8.67. The van der Waals surface area contributed by atoms with E-state index in [0.29, 0.717) is 47.2 Å². The molecular weight excluding hydrogens is 377 g/mol. The van der Waals surface area contributed by atoms with Gasteiger partial charge in [0.25, 0.3) is 6.01 Å². The number of ether oxygens (including phenoxy) is 2. The summed E-state index contributed by atoms with van der Waals surface area (Å²) in [5, 5.41) is 0.940. The molecule has 0 unspecified atom stereocenters. The highest BCUT2D eigenvalue weighted by atomic mass is 35.5. The van der Waals surface area contributed by atoms with Crippen molar-refractivity contribution in [3.8, 4) is 6.01 Å². The Morgan fingerprint density at radius 3 is 2.58 bits per heavy atom. The summed E-state index contributed by atoms with van der Waals surface area (Å²) in [6, 6.07) is 3.90. The number of carbonyl (C=O) groups is 1. The molecule has 0 spiro atoms. The van der Waals surface area contributed by atoms with Crippen molar-refractivity contribution < 1.29 is 14.3 Å². The quantitative estimate of drug-likeness (QED) is 0.796. The van der Waals surface area contributed by atoms with Crippen LogP contribution in [0.1, 0.15) is 33.6 Å². The highest BCUT2D eigenvalue weighted by Gasteiger charge is 2.27. The molecule has 0 atom stereocenters. The van der Waals surface area contributed by atoms with Gasteiger partial charge in [0.1, 0.15) is 5.60 Å². The fourth-order valence-corrected chi connectivity index (χ4v) is 3.18. The Morgan fingerprint density at radius 1 is 1.27 bits per heavy atom. The highest BCUT2D eigenvalue weighted by Crippen LogP contribution is 2.28. The SMILES string of the molecule is CC(C)(C)OC(=O)N1CCC(COc2nc3cc(Cl)c(Cl)cc3[nH]2)CC1. The average Bonchev–Trinajstić information content (AvgIpc) is 2.94. The van der Waals surface area contributed by atoms with Gasteiger partial charge in [-0.3, -0.25) is 0 Å². The monoisotopic (exact) mass is 399 g/mol. The van der Waals surface area contributed by atoms with Crippen LogP contribution in [0.5, 0.6) is 6.01 Å². The van der Waals surface area contributed by atoms with Crippen molar-refractivity contribution in [2.24, 2.45) is 5.92 Å². The molecule has 1 fully saturated rings. The molecule has 0 radical (unpaired) electrons. The summed E-state index contributed by atoms with van der Waals surface area (Å²) in [5.74, 6) is 0.370. The summed E-state index contributed by atoms with van der Waals surface area (Å²) in [4.78, 5) is 21.3. The molecule has 2 heterocycles. The normalized spacial score (nSPS) is 16.1. The van der Waals surface area contributed by atoms with Crippen LogP contribution in [-0.2, 0) is 4.74 Å². The van der Waals surface area contributed by atoms with Crippen LogP contribution in [0.2, 0.25) is 10.0 Å². The summed E-state index contributed by atoms with van der Waals surface area (Å²) >= 11 is 12.0. The number of halogens is 2. The number of likely N-dealkylation sites (tertiary alicyclic amines) is 1. The van der Waals surface area contributed by atoms with Gasteiger partial charge < -0.3 is 19.4 Å². The zero-order chi connectivity index (χ0) is 18.9. The summed E-state index contributed by atoms with van der Waals surface area (Å²) in [6.07, 6.45) is 1.50. The van der Waals surface area contributed by atoms with E-state index in [1.807, 2.05) is 20.8 Å². The number of hydrogen-bond acceptors (Lipinski definition) is 4. The first kappa shape index (κ1) is 19.1. The van der Waals surface area contributed by atoms with Gasteiger partial charge in [-0.1, -0.05) is 23.2 Å². The van der Waals surface area contributed by atoms with Crippen molar-refractivity contribution in [1.82, 2.24) is 14.9 Å². The Morgan fingerprint density at radius 2 is 1.92 bits per heavy atom. The molecule has 142 valence electrons. The predicted molar refractivity (Wildman–Crippen MR) is 102 cm³/mol.